The number of hydrogen-bond donors (Lipinski definition) is 0. The Labute approximate surface area is 146 Å². The summed E-state index contributed by atoms with van der Waals surface area (Å²) in [4.78, 5) is 3.77. The first kappa shape index (κ1) is 15.5. The molecular formula is C15H12ClF2N5S. The number of aromatic nitrogens is 2. The standard InChI is InChI=1S/C15H12ClF2N5S/c1-15(4-5-15)23-9(7-19)10-8(16)3-2-6-22(10)14(23)13-21-20-12(24-13)11(17)18/h2-3,6,11,14H,4-5H2,1H3. The van der Waals surface area contributed by atoms with E-state index in [0.29, 0.717) is 21.4 Å². The summed E-state index contributed by atoms with van der Waals surface area (Å²) in [5.74, 6) is 0. The zero-order valence-corrected chi connectivity index (χ0v) is 14.2. The molecule has 0 radical (unpaired) electrons. The van der Waals surface area contributed by atoms with Gasteiger partial charge in [-0.25, -0.2) is 8.78 Å². The highest BCUT2D eigenvalue weighted by Gasteiger charge is 2.54. The Morgan fingerprint density at radius 2 is 2.21 bits per heavy atom. The van der Waals surface area contributed by atoms with Gasteiger partial charge in [-0.15, -0.1) is 10.2 Å². The molecule has 1 aliphatic carbocycles. The normalized spacial score (nSPS) is 24.3. The maximum absolute atomic E-state index is 12.9. The topological polar surface area (TPSA) is 56.1 Å². The van der Waals surface area contributed by atoms with Gasteiger partial charge in [-0.05, 0) is 31.9 Å². The van der Waals surface area contributed by atoms with Gasteiger partial charge in [0.05, 0.1) is 10.7 Å². The van der Waals surface area contributed by atoms with E-state index < -0.39 is 12.6 Å². The number of rotatable bonds is 3. The molecule has 5 nitrogen and oxygen atoms in total. The van der Waals surface area contributed by atoms with Gasteiger partial charge >= 0.3 is 0 Å². The molecule has 0 amide bonds. The van der Waals surface area contributed by atoms with Crippen molar-refractivity contribution in [3.63, 3.8) is 0 Å². The van der Waals surface area contributed by atoms with Crippen LogP contribution in [-0.2, 0) is 0 Å². The Hall–Kier alpha value is -1.98. The van der Waals surface area contributed by atoms with Crippen molar-refractivity contribution in [2.45, 2.75) is 37.9 Å². The SMILES string of the molecule is CC1(N2C(C#N)=C3C(Cl)=CC=CN3C2c2nnc(C(F)F)s2)CC1. The summed E-state index contributed by atoms with van der Waals surface area (Å²) >= 11 is 7.18. The third-order valence-corrected chi connectivity index (χ3v) is 5.75. The lowest BCUT2D eigenvalue weighted by Gasteiger charge is -2.35. The largest absolute Gasteiger partial charge is 0.329 e. The van der Waals surface area contributed by atoms with Gasteiger partial charge in [-0.3, -0.25) is 0 Å². The van der Waals surface area contributed by atoms with Gasteiger partial charge in [0.1, 0.15) is 11.8 Å². The number of fused-ring (bicyclic) bond motifs is 1. The van der Waals surface area contributed by atoms with E-state index >= 15 is 0 Å². The number of halogens is 3. The number of allylic oxidation sites excluding steroid dienone is 4. The molecule has 1 atom stereocenters. The average Bonchev–Trinajstić information content (AvgIpc) is 3.01. The van der Waals surface area contributed by atoms with E-state index in [4.69, 9.17) is 11.6 Å². The van der Waals surface area contributed by atoms with Crippen LogP contribution in [-0.4, -0.2) is 25.5 Å². The van der Waals surface area contributed by atoms with Gasteiger partial charge in [-0.1, -0.05) is 22.9 Å². The summed E-state index contributed by atoms with van der Waals surface area (Å²) in [6.45, 7) is 2.05. The highest BCUT2D eigenvalue weighted by atomic mass is 35.5. The molecule has 0 spiro atoms. The Balaban J connectivity index is 1.85. The van der Waals surface area contributed by atoms with Crippen LogP contribution in [0.25, 0.3) is 0 Å². The van der Waals surface area contributed by atoms with E-state index in [-0.39, 0.29) is 10.5 Å². The molecule has 3 heterocycles. The van der Waals surface area contributed by atoms with Crippen molar-refractivity contribution in [2.75, 3.05) is 0 Å². The fourth-order valence-electron chi connectivity index (χ4n) is 3.06. The van der Waals surface area contributed by atoms with Crippen LogP contribution in [0.5, 0.6) is 0 Å². The van der Waals surface area contributed by atoms with E-state index in [0.717, 1.165) is 24.2 Å². The lowest BCUT2D eigenvalue weighted by molar-refractivity contribution is 0.128. The molecule has 0 aromatic carbocycles. The highest BCUT2D eigenvalue weighted by Crippen LogP contribution is 2.55. The van der Waals surface area contributed by atoms with Crippen LogP contribution in [0.15, 0.2) is 34.8 Å². The third-order valence-electron chi connectivity index (χ3n) is 4.47. The molecule has 0 saturated heterocycles. The van der Waals surface area contributed by atoms with Crippen LogP contribution in [0.1, 0.15) is 42.4 Å². The molecule has 0 N–H and O–H groups in total. The van der Waals surface area contributed by atoms with Crippen LogP contribution >= 0.6 is 22.9 Å². The molecule has 9 heteroatoms. The maximum Gasteiger partial charge on any atom is 0.291 e. The summed E-state index contributed by atoms with van der Waals surface area (Å²) in [6.07, 6.45) is 3.96. The second-order valence-corrected chi connectivity index (χ2v) is 7.54. The summed E-state index contributed by atoms with van der Waals surface area (Å²) in [6, 6.07) is 2.23. The lowest BCUT2D eigenvalue weighted by atomic mass is 10.2. The fraction of sp³-hybridized carbons (Fsp3) is 0.400. The summed E-state index contributed by atoms with van der Waals surface area (Å²) in [7, 11) is 0. The fourth-order valence-corrected chi connectivity index (χ4v) is 4.11. The lowest BCUT2D eigenvalue weighted by Crippen LogP contribution is -2.38. The summed E-state index contributed by atoms with van der Waals surface area (Å²) in [5, 5.41) is 17.8. The predicted octanol–water partition coefficient (Wildman–Crippen LogP) is 4.03. The molecule has 24 heavy (non-hydrogen) atoms. The predicted molar refractivity (Wildman–Crippen MR) is 84.6 cm³/mol. The molecule has 1 aromatic rings. The molecule has 0 bridgehead atoms. The van der Waals surface area contributed by atoms with Crippen LogP contribution in [0.2, 0.25) is 0 Å². The Bertz CT molecular complexity index is 833. The third kappa shape index (κ3) is 2.15. The van der Waals surface area contributed by atoms with Gasteiger partial charge in [0.2, 0.25) is 0 Å². The quantitative estimate of drug-likeness (QED) is 0.807. The summed E-state index contributed by atoms with van der Waals surface area (Å²) in [5.41, 5.74) is 0.829. The molecule has 1 saturated carbocycles. The Kier molecular flexibility index (Phi) is 3.41. The van der Waals surface area contributed by atoms with Crippen molar-refractivity contribution < 1.29 is 8.78 Å². The highest BCUT2D eigenvalue weighted by molar-refractivity contribution is 7.11. The number of nitrogens with zero attached hydrogens (tertiary/aromatic N) is 5. The zero-order chi connectivity index (χ0) is 17.1. The monoisotopic (exact) mass is 367 g/mol. The van der Waals surface area contributed by atoms with Crippen LogP contribution < -0.4 is 0 Å². The Morgan fingerprint density at radius 3 is 2.79 bits per heavy atom. The molecule has 4 rings (SSSR count). The minimum atomic E-state index is -2.66. The van der Waals surface area contributed by atoms with Crippen molar-refractivity contribution >= 4 is 22.9 Å². The van der Waals surface area contributed by atoms with Gasteiger partial charge in [0.15, 0.2) is 16.2 Å². The van der Waals surface area contributed by atoms with Crippen LogP contribution in [0, 0.1) is 11.3 Å². The molecule has 2 aliphatic heterocycles. The van der Waals surface area contributed by atoms with E-state index in [9.17, 15) is 14.0 Å². The molecular weight excluding hydrogens is 356 g/mol. The second kappa shape index (κ2) is 5.26. The molecule has 3 aliphatic rings. The molecule has 1 unspecified atom stereocenters. The van der Waals surface area contributed by atoms with Crippen molar-refractivity contribution in [2.24, 2.45) is 0 Å². The van der Waals surface area contributed by atoms with Gasteiger partial charge < -0.3 is 9.80 Å². The van der Waals surface area contributed by atoms with Crippen molar-refractivity contribution in [3.8, 4) is 6.07 Å². The molecule has 1 fully saturated rings. The number of hydrogen-bond acceptors (Lipinski definition) is 6. The van der Waals surface area contributed by atoms with Crippen molar-refractivity contribution in [1.82, 2.24) is 20.0 Å². The van der Waals surface area contributed by atoms with E-state index in [1.807, 2.05) is 16.7 Å². The smallest absolute Gasteiger partial charge is 0.291 e. The minimum absolute atomic E-state index is 0.207. The van der Waals surface area contributed by atoms with Crippen molar-refractivity contribution in [1.29, 1.82) is 5.26 Å². The molecule has 124 valence electrons. The Morgan fingerprint density at radius 1 is 1.46 bits per heavy atom. The zero-order valence-electron chi connectivity index (χ0n) is 12.6. The number of alkyl halides is 2. The molecule has 1 aromatic heterocycles. The number of nitriles is 1. The average molecular weight is 368 g/mol. The maximum atomic E-state index is 12.9. The first-order valence-electron chi connectivity index (χ1n) is 7.34. The first-order chi connectivity index (χ1) is 11.5. The van der Waals surface area contributed by atoms with Gasteiger partial charge in [-0.2, -0.15) is 5.26 Å². The minimum Gasteiger partial charge on any atom is -0.329 e. The van der Waals surface area contributed by atoms with Crippen LogP contribution in [0.4, 0.5) is 8.78 Å². The second-order valence-electron chi connectivity index (χ2n) is 6.09. The van der Waals surface area contributed by atoms with Gasteiger partial charge in [0.25, 0.3) is 6.43 Å². The van der Waals surface area contributed by atoms with Crippen LogP contribution in [0.3, 0.4) is 0 Å². The van der Waals surface area contributed by atoms with E-state index in [1.165, 1.54) is 0 Å². The van der Waals surface area contributed by atoms with Crippen molar-refractivity contribution in [3.05, 3.63) is 44.8 Å². The van der Waals surface area contributed by atoms with Gasteiger partial charge in [0, 0.05) is 11.7 Å². The van der Waals surface area contributed by atoms with E-state index in [1.54, 1.807) is 18.4 Å². The summed E-state index contributed by atoms with van der Waals surface area (Å²) < 4.78 is 25.8. The van der Waals surface area contributed by atoms with E-state index in [2.05, 4.69) is 16.3 Å². The first-order valence-corrected chi connectivity index (χ1v) is 8.53.